The highest BCUT2D eigenvalue weighted by Gasteiger charge is 2.28. The molecule has 0 aliphatic heterocycles. The highest BCUT2D eigenvalue weighted by molar-refractivity contribution is 7.99. The normalized spacial score (nSPS) is 17.0. The molecule has 10 heteroatoms. The summed E-state index contributed by atoms with van der Waals surface area (Å²) in [5.74, 6) is 0.641. The molecule has 2 heterocycles. The summed E-state index contributed by atoms with van der Waals surface area (Å²) in [6.45, 7) is 0.899. The van der Waals surface area contributed by atoms with Crippen LogP contribution in [0.15, 0.2) is 11.2 Å². The average Bonchev–Trinajstić information content (AvgIpc) is 3.19. The Kier molecular flexibility index (Phi) is 6.15. The smallest absolute Gasteiger partial charge is 0.346 e. The lowest BCUT2D eigenvalue weighted by Crippen LogP contribution is -2.34. The molecule has 3 rings (SSSR count). The molecule has 0 fully saturated rings. The van der Waals surface area contributed by atoms with Crippen molar-refractivity contribution in [1.82, 2.24) is 20.1 Å². The minimum atomic E-state index is -4.41. The number of hydrogen-bond acceptors (Lipinski definition) is 5. The molecule has 1 N–H and O–H groups in total. The molecule has 1 aliphatic carbocycles. The number of thiophene rings is 1. The number of carbonyl (C=O) groups excluding carboxylic acids is 1. The highest BCUT2D eigenvalue weighted by Crippen LogP contribution is 2.37. The van der Waals surface area contributed by atoms with Crippen LogP contribution in [0.1, 0.15) is 30.2 Å². The van der Waals surface area contributed by atoms with Crippen molar-refractivity contribution in [2.24, 2.45) is 13.0 Å². The van der Waals surface area contributed by atoms with Crippen LogP contribution in [0.3, 0.4) is 0 Å². The molecule has 0 saturated heterocycles. The van der Waals surface area contributed by atoms with E-state index in [0.717, 1.165) is 41.2 Å². The van der Waals surface area contributed by atoms with Crippen LogP contribution in [-0.4, -0.2) is 39.1 Å². The molecule has 1 aliphatic rings. The first-order valence-corrected chi connectivity index (χ1v) is 10.5. The number of hydrogen-bond donors (Lipinski definition) is 1. The van der Waals surface area contributed by atoms with Gasteiger partial charge in [0.25, 0.3) is 0 Å². The molecule has 1 atom stereocenters. The second-order valence-corrected chi connectivity index (χ2v) is 8.70. The third kappa shape index (κ3) is 5.04. The Bertz CT molecular complexity index is 816. The van der Waals surface area contributed by atoms with Gasteiger partial charge in [-0.1, -0.05) is 25.1 Å². The number of rotatable bonds is 6. The maximum absolute atomic E-state index is 12.1. The Labute approximate surface area is 163 Å². The predicted octanol–water partition coefficient (Wildman–Crippen LogP) is 3.83. The van der Waals surface area contributed by atoms with Gasteiger partial charge in [0.1, 0.15) is 6.54 Å². The van der Waals surface area contributed by atoms with Gasteiger partial charge in [-0.05, 0) is 36.8 Å². The van der Waals surface area contributed by atoms with Crippen molar-refractivity contribution in [3.63, 3.8) is 0 Å². The zero-order valence-corrected chi connectivity index (χ0v) is 16.7. The van der Waals surface area contributed by atoms with Crippen LogP contribution in [0.2, 0.25) is 0 Å². The summed E-state index contributed by atoms with van der Waals surface area (Å²) in [6.07, 6.45) is 0.189. The summed E-state index contributed by atoms with van der Waals surface area (Å²) < 4.78 is 38.2. The predicted molar refractivity (Wildman–Crippen MR) is 99.9 cm³/mol. The van der Waals surface area contributed by atoms with Crippen LogP contribution in [0.4, 0.5) is 13.2 Å². The van der Waals surface area contributed by atoms with E-state index in [4.69, 9.17) is 0 Å². The second-order valence-electron chi connectivity index (χ2n) is 6.62. The van der Waals surface area contributed by atoms with E-state index in [1.165, 1.54) is 23.3 Å². The van der Waals surface area contributed by atoms with E-state index in [9.17, 15) is 18.0 Å². The van der Waals surface area contributed by atoms with Crippen molar-refractivity contribution in [1.29, 1.82) is 0 Å². The Morgan fingerprint density at radius 1 is 1.44 bits per heavy atom. The Morgan fingerprint density at radius 3 is 2.93 bits per heavy atom. The van der Waals surface area contributed by atoms with Gasteiger partial charge in [-0.25, -0.2) is 0 Å². The number of alkyl halides is 3. The number of nitrogens with one attached hydrogen (secondary N) is 1. The van der Waals surface area contributed by atoms with Crippen molar-refractivity contribution < 1.29 is 18.0 Å². The van der Waals surface area contributed by atoms with E-state index in [1.807, 2.05) is 5.32 Å². The summed E-state index contributed by atoms with van der Waals surface area (Å²) >= 11 is 2.80. The van der Waals surface area contributed by atoms with Gasteiger partial charge in [0.15, 0.2) is 11.0 Å². The third-order valence-electron chi connectivity index (χ3n) is 4.64. The van der Waals surface area contributed by atoms with Gasteiger partial charge >= 0.3 is 6.18 Å². The third-order valence-corrected chi connectivity index (χ3v) is 6.89. The van der Waals surface area contributed by atoms with Crippen molar-refractivity contribution in [2.75, 3.05) is 12.3 Å². The van der Waals surface area contributed by atoms with Gasteiger partial charge in [-0.3, -0.25) is 4.79 Å². The van der Waals surface area contributed by atoms with Crippen LogP contribution < -0.4 is 5.32 Å². The van der Waals surface area contributed by atoms with Crippen molar-refractivity contribution >= 4 is 29.0 Å². The quantitative estimate of drug-likeness (QED) is 0.725. The van der Waals surface area contributed by atoms with E-state index in [-0.39, 0.29) is 5.75 Å². The van der Waals surface area contributed by atoms with Gasteiger partial charge in [-0.2, -0.15) is 13.2 Å². The van der Waals surface area contributed by atoms with Crippen molar-refractivity contribution in [3.05, 3.63) is 16.5 Å². The van der Waals surface area contributed by atoms with Crippen molar-refractivity contribution in [2.45, 2.75) is 43.9 Å². The molecule has 5 nitrogen and oxygen atoms in total. The van der Waals surface area contributed by atoms with E-state index in [2.05, 4.69) is 23.2 Å². The van der Waals surface area contributed by atoms with Gasteiger partial charge in [0.2, 0.25) is 5.91 Å². The first kappa shape index (κ1) is 20.2. The molecule has 0 bridgehead atoms. The molecule has 2 aromatic heterocycles. The van der Waals surface area contributed by atoms with Crippen LogP contribution in [0, 0.1) is 5.92 Å². The molecule has 0 unspecified atom stereocenters. The molecule has 2 aromatic rings. The van der Waals surface area contributed by atoms with Crippen LogP contribution >= 0.6 is 23.1 Å². The van der Waals surface area contributed by atoms with E-state index in [1.54, 1.807) is 23.0 Å². The number of fused-ring (bicyclic) bond motifs is 1. The summed E-state index contributed by atoms with van der Waals surface area (Å²) in [7, 11) is 1.80. The SMILES string of the molecule is CC[C@H]1CCc2sc(-c3nnc(SCC(=O)NCC(F)(F)F)n3C)cc2C1. The number of halogens is 3. The van der Waals surface area contributed by atoms with Gasteiger partial charge in [0.05, 0.1) is 10.6 Å². The molecule has 1 amide bonds. The first-order valence-electron chi connectivity index (χ1n) is 8.74. The highest BCUT2D eigenvalue weighted by atomic mass is 32.2. The minimum absolute atomic E-state index is 0.138. The monoisotopic (exact) mass is 418 g/mol. The Morgan fingerprint density at radius 2 is 2.22 bits per heavy atom. The topological polar surface area (TPSA) is 59.8 Å². The number of amides is 1. The summed E-state index contributed by atoms with van der Waals surface area (Å²) in [6, 6.07) is 2.18. The fourth-order valence-corrected chi connectivity index (χ4v) is 5.06. The number of carbonyl (C=O) groups is 1. The molecule has 0 radical (unpaired) electrons. The molecular formula is C17H21F3N4OS2. The van der Waals surface area contributed by atoms with Gasteiger partial charge in [-0.15, -0.1) is 21.5 Å². The number of thioether (sulfide) groups is 1. The maximum atomic E-state index is 12.1. The zero-order valence-electron chi connectivity index (χ0n) is 15.1. The lowest BCUT2D eigenvalue weighted by atomic mass is 9.87. The van der Waals surface area contributed by atoms with Crippen LogP contribution in [-0.2, 0) is 24.7 Å². The largest absolute Gasteiger partial charge is 0.405 e. The maximum Gasteiger partial charge on any atom is 0.405 e. The second kappa shape index (κ2) is 8.22. The van der Waals surface area contributed by atoms with E-state index < -0.39 is 18.6 Å². The first-order chi connectivity index (χ1) is 12.8. The lowest BCUT2D eigenvalue weighted by molar-refractivity contribution is -0.136. The number of nitrogens with zero attached hydrogens (tertiary/aromatic N) is 3. The molecule has 148 valence electrons. The van der Waals surface area contributed by atoms with E-state index >= 15 is 0 Å². The Balaban J connectivity index is 1.64. The standard InChI is InChI=1S/C17H21F3N4OS2/c1-3-10-4-5-12-11(6-10)7-13(27-12)15-22-23-16(24(15)2)26-8-14(25)21-9-17(18,19)20/h7,10H,3-6,8-9H2,1-2H3,(H,21,25)/t10-/m0/s1. The zero-order chi connectivity index (χ0) is 19.6. The van der Waals surface area contributed by atoms with E-state index in [0.29, 0.717) is 5.16 Å². The summed E-state index contributed by atoms with van der Waals surface area (Å²) in [5.41, 5.74) is 1.39. The molecule has 0 spiro atoms. The minimum Gasteiger partial charge on any atom is -0.346 e. The van der Waals surface area contributed by atoms with Crippen LogP contribution in [0.5, 0.6) is 0 Å². The fourth-order valence-electron chi connectivity index (χ4n) is 3.09. The average molecular weight is 419 g/mol. The molecular weight excluding hydrogens is 397 g/mol. The number of aromatic nitrogens is 3. The van der Waals surface area contributed by atoms with Crippen LogP contribution in [0.25, 0.3) is 10.7 Å². The lowest BCUT2D eigenvalue weighted by Gasteiger charge is -2.19. The molecule has 27 heavy (non-hydrogen) atoms. The number of aryl methyl sites for hydroxylation is 1. The van der Waals surface area contributed by atoms with Gasteiger partial charge in [0, 0.05) is 11.9 Å². The molecule has 0 aromatic carbocycles. The van der Waals surface area contributed by atoms with Gasteiger partial charge < -0.3 is 9.88 Å². The fraction of sp³-hybridized carbons (Fsp3) is 0.588. The van der Waals surface area contributed by atoms with Crippen molar-refractivity contribution in [3.8, 4) is 10.7 Å². The summed E-state index contributed by atoms with van der Waals surface area (Å²) in [5, 5.41) is 10.7. The Hall–Kier alpha value is -1.55. The summed E-state index contributed by atoms with van der Waals surface area (Å²) in [4.78, 5) is 14.0. The molecule has 0 saturated carbocycles.